The van der Waals surface area contributed by atoms with Gasteiger partial charge in [-0.05, 0) is 18.4 Å². The Morgan fingerprint density at radius 3 is 2.07 bits per heavy atom. The number of carbonyl (C=O) groups is 2. The van der Waals surface area contributed by atoms with Gasteiger partial charge in [-0.25, -0.2) is 0 Å². The molecule has 0 amide bonds. The fraction of sp³-hybridized carbons (Fsp3) is 0.750. The molecule has 0 aliphatic rings. The van der Waals surface area contributed by atoms with Crippen LogP contribution in [0.15, 0.2) is 0 Å². The van der Waals surface area contributed by atoms with Crippen molar-refractivity contribution in [1.82, 2.24) is 4.90 Å². The number of rotatable bonds is 8. The average molecular weight is 221 g/mol. The van der Waals surface area contributed by atoms with Gasteiger partial charge >= 0.3 is 11.9 Å². The smallest absolute Gasteiger partial charge is 0.317 e. The van der Waals surface area contributed by atoms with Gasteiger partial charge < -0.3 is 10.2 Å². The maximum Gasteiger partial charge on any atom is 0.317 e. The molecule has 0 heterocycles. The van der Waals surface area contributed by atoms with Gasteiger partial charge in [-0.15, -0.1) is 0 Å². The van der Waals surface area contributed by atoms with Crippen LogP contribution in [0.1, 0.15) is 6.42 Å². The number of aliphatic carboxylic acids is 2. The highest BCUT2D eigenvalue weighted by Gasteiger charge is 2.12. The largest absolute Gasteiger partial charge is 0.480 e. The van der Waals surface area contributed by atoms with E-state index in [4.69, 9.17) is 10.2 Å². The molecule has 82 valence electrons. The molecule has 0 aromatic heterocycles. The zero-order valence-electron chi connectivity index (χ0n) is 8.10. The lowest BCUT2D eigenvalue weighted by molar-refractivity contribution is -0.141. The minimum atomic E-state index is -0.990. The van der Waals surface area contributed by atoms with Crippen LogP contribution in [0.4, 0.5) is 0 Å². The molecule has 0 unspecified atom stereocenters. The van der Waals surface area contributed by atoms with Crippen LogP contribution >= 0.6 is 11.8 Å². The number of carboxylic acids is 2. The highest BCUT2D eigenvalue weighted by molar-refractivity contribution is 7.98. The first-order chi connectivity index (χ1) is 6.56. The average Bonchev–Trinajstić information content (AvgIpc) is 2.02. The summed E-state index contributed by atoms with van der Waals surface area (Å²) in [4.78, 5) is 22.2. The Bertz CT molecular complexity index is 182. The lowest BCUT2D eigenvalue weighted by atomic mass is 10.4. The molecule has 0 aliphatic heterocycles. The van der Waals surface area contributed by atoms with Gasteiger partial charge in [0, 0.05) is 6.54 Å². The minimum absolute atomic E-state index is 0.208. The van der Waals surface area contributed by atoms with Gasteiger partial charge in [0.15, 0.2) is 0 Å². The van der Waals surface area contributed by atoms with Crippen molar-refractivity contribution < 1.29 is 19.8 Å². The highest BCUT2D eigenvalue weighted by atomic mass is 32.2. The Hall–Kier alpha value is -0.750. The van der Waals surface area contributed by atoms with Gasteiger partial charge in [0.1, 0.15) is 0 Å². The molecule has 14 heavy (non-hydrogen) atoms. The van der Waals surface area contributed by atoms with Crippen LogP contribution in [-0.2, 0) is 9.59 Å². The summed E-state index contributed by atoms with van der Waals surface area (Å²) < 4.78 is 0. The van der Waals surface area contributed by atoms with E-state index in [0.717, 1.165) is 12.2 Å². The van der Waals surface area contributed by atoms with Crippen molar-refractivity contribution in [3.63, 3.8) is 0 Å². The van der Waals surface area contributed by atoms with Gasteiger partial charge in [-0.1, -0.05) is 0 Å². The Kier molecular flexibility index (Phi) is 7.23. The normalized spacial score (nSPS) is 10.4. The van der Waals surface area contributed by atoms with E-state index in [1.165, 1.54) is 4.90 Å². The van der Waals surface area contributed by atoms with Crippen LogP contribution in [0.3, 0.4) is 0 Å². The standard InChI is InChI=1S/C8H15NO4S/c1-14-4-2-3-9(5-7(10)11)6-8(12)13/h2-6H2,1H3,(H,10,11)(H,12,13). The Labute approximate surface area is 87.1 Å². The zero-order valence-corrected chi connectivity index (χ0v) is 8.92. The second-order valence-electron chi connectivity index (χ2n) is 2.84. The van der Waals surface area contributed by atoms with Crippen molar-refractivity contribution in [2.75, 3.05) is 31.6 Å². The molecule has 0 saturated carbocycles. The molecule has 0 atom stereocenters. The summed E-state index contributed by atoms with van der Waals surface area (Å²) in [6.07, 6.45) is 2.76. The number of hydrogen-bond donors (Lipinski definition) is 2. The van der Waals surface area contributed by atoms with Crippen molar-refractivity contribution >= 4 is 23.7 Å². The molecule has 0 radical (unpaired) electrons. The van der Waals surface area contributed by atoms with Crippen molar-refractivity contribution in [2.45, 2.75) is 6.42 Å². The lowest BCUT2D eigenvalue weighted by Gasteiger charge is -2.17. The zero-order chi connectivity index (χ0) is 11.0. The molecule has 0 aromatic rings. The van der Waals surface area contributed by atoms with E-state index in [1.807, 2.05) is 6.26 Å². The van der Waals surface area contributed by atoms with Crippen LogP contribution in [0, 0.1) is 0 Å². The Morgan fingerprint density at radius 2 is 1.71 bits per heavy atom. The third-order valence-electron chi connectivity index (χ3n) is 1.54. The van der Waals surface area contributed by atoms with E-state index in [-0.39, 0.29) is 13.1 Å². The fourth-order valence-corrected chi connectivity index (χ4v) is 1.45. The van der Waals surface area contributed by atoms with E-state index in [2.05, 4.69) is 0 Å². The first-order valence-electron chi connectivity index (χ1n) is 4.21. The van der Waals surface area contributed by atoms with Gasteiger partial charge in [0.2, 0.25) is 0 Å². The van der Waals surface area contributed by atoms with Crippen LogP contribution in [0.2, 0.25) is 0 Å². The highest BCUT2D eigenvalue weighted by Crippen LogP contribution is 1.98. The van der Waals surface area contributed by atoms with E-state index < -0.39 is 11.9 Å². The van der Waals surface area contributed by atoms with E-state index >= 15 is 0 Å². The van der Waals surface area contributed by atoms with Crippen molar-refractivity contribution in [1.29, 1.82) is 0 Å². The van der Waals surface area contributed by atoms with E-state index in [0.29, 0.717) is 6.54 Å². The number of nitrogens with zero attached hydrogens (tertiary/aromatic N) is 1. The first kappa shape index (κ1) is 13.2. The van der Waals surface area contributed by atoms with Gasteiger partial charge in [-0.2, -0.15) is 11.8 Å². The molecule has 0 aromatic carbocycles. The molecular weight excluding hydrogens is 206 g/mol. The number of hydrogen-bond acceptors (Lipinski definition) is 4. The third kappa shape index (κ3) is 7.88. The summed E-state index contributed by atoms with van der Waals surface area (Å²) in [6.45, 7) is 0.0980. The van der Waals surface area contributed by atoms with Crippen molar-refractivity contribution in [3.8, 4) is 0 Å². The molecule has 5 nitrogen and oxygen atoms in total. The minimum Gasteiger partial charge on any atom is -0.480 e. The quantitative estimate of drug-likeness (QED) is 0.570. The van der Waals surface area contributed by atoms with Crippen LogP contribution in [0.25, 0.3) is 0 Å². The Balaban J connectivity index is 3.84. The molecule has 0 rings (SSSR count). The summed E-state index contributed by atoms with van der Waals surface area (Å²) in [5.41, 5.74) is 0. The maximum absolute atomic E-state index is 10.4. The monoisotopic (exact) mass is 221 g/mol. The molecule has 0 fully saturated rings. The van der Waals surface area contributed by atoms with Crippen LogP contribution in [-0.4, -0.2) is 58.7 Å². The molecule has 0 aliphatic carbocycles. The first-order valence-corrected chi connectivity index (χ1v) is 5.60. The summed E-state index contributed by atoms with van der Waals surface area (Å²) in [6, 6.07) is 0. The number of thioether (sulfide) groups is 1. The van der Waals surface area contributed by atoms with Crippen LogP contribution in [0.5, 0.6) is 0 Å². The predicted molar refractivity (Wildman–Crippen MR) is 54.7 cm³/mol. The van der Waals surface area contributed by atoms with Crippen molar-refractivity contribution in [3.05, 3.63) is 0 Å². The topological polar surface area (TPSA) is 77.8 Å². The summed E-state index contributed by atoms with van der Waals surface area (Å²) in [5, 5.41) is 17.0. The summed E-state index contributed by atoms with van der Waals surface area (Å²) in [7, 11) is 0. The summed E-state index contributed by atoms with van der Waals surface area (Å²) >= 11 is 1.66. The van der Waals surface area contributed by atoms with E-state index in [1.54, 1.807) is 11.8 Å². The molecular formula is C8H15NO4S. The lowest BCUT2D eigenvalue weighted by Crippen LogP contribution is -2.35. The summed E-state index contributed by atoms with van der Waals surface area (Å²) in [5.74, 6) is -1.07. The molecule has 0 spiro atoms. The molecule has 6 heteroatoms. The molecule has 0 bridgehead atoms. The third-order valence-corrected chi connectivity index (χ3v) is 2.24. The second kappa shape index (κ2) is 7.64. The fourth-order valence-electron chi connectivity index (χ4n) is 1.03. The van der Waals surface area contributed by atoms with Crippen LogP contribution < -0.4 is 0 Å². The maximum atomic E-state index is 10.4. The van der Waals surface area contributed by atoms with Gasteiger partial charge in [-0.3, -0.25) is 14.5 Å². The Morgan fingerprint density at radius 1 is 1.21 bits per heavy atom. The van der Waals surface area contributed by atoms with Gasteiger partial charge in [0.05, 0.1) is 13.1 Å². The molecule has 0 saturated heterocycles. The SMILES string of the molecule is CSCCCN(CC(=O)O)CC(=O)O. The van der Waals surface area contributed by atoms with Gasteiger partial charge in [0.25, 0.3) is 0 Å². The van der Waals surface area contributed by atoms with E-state index in [9.17, 15) is 9.59 Å². The molecule has 2 N–H and O–H groups in total. The second-order valence-corrected chi connectivity index (χ2v) is 3.83. The number of carboxylic acid groups (broad SMARTS) is 2. The van der Waals surface area contributed by atoms with Crippen molar-refractivity contribution in [2.24, 2.45) is 0 Å². The predicted octanol–water partition coefficient (Wildman–Crippen LogP) is 0.211.